The predicted molar refractivity (Wildman–Crippen MR) is 59.2 cm³/mol. The SMILES string of the molecule is [2H]N1CCC([2H])([2H])OP1(=O)N(C([2H])([2H])C([2H])([2H])Cl)C([2H])([2H])C([2H])([2H])Cl. The molecule has 14 heavy (non-hydrogen) atoms. The highest BCUT2D eigenvalue weighted by Gasteiger charge is 2.32. The van der Waals surface area contributed by atoms with E-state index in [9.17, 15) is 4.57 Å². The van der Waals surface area contributed by atoms with Gasteiger partial charge in [-0.05, 0) is 6.42 Å². The number of nitrogens with one attached hydrogen (secondary N) is 1. The van der Waals surface area contributed by atoms with Gasteiger partial charge in [0.15, 0.2) is 0 Å². The van der Waals surface area contributed by atoms with E-state index < -0.39 is 56.5 Å². The van der Waals surface area contributed by atoms with Crippen molar-refractivity contribution in [1.29, 1.82) is 0 Å². The maximum absolute atomic E-state index is 13.1. The Balaban J connectivity index is 3.71. The van der Waals surface area contributed by atoms with Crippen LogP contribution in [0.5, 0.6) is 0 Å². The van der Waals surface area contributed by atoms with E-state index in [0.29, 0.717) is 0 Å². The van der Waals surface area contributed by atoms with Gasteiger partial charge in [-0.3, -0.25) is 4.57 Å². The van der Waals surface area contributed by atoms with Gasteiger partial charge in [0, 0.05) is 42.2 Å². The second kappa shape index (κ2) is 6.31. The number of rotatable bonds is 5. The summed E-state index contributed by atoms with van der Waals surface area (Å²) in [7, 11) is -5.31. The van der Waals surface area contributed by atoms with Crippen molar-refractivity contribution in [2.45, 2.75) is 6.42 Å². The summed E-state index contributed by atoms with van der Waals surface area (Å²) in [6.45, 7) is -10.7. The molecule has 1 heterocycles. The zero-order valence-corrected chi connectivity index (χ0v) is 9.23. The summed E-state index contributed by atoms with van der Waals surface area (Å²) in [6.07, 6.45) is -0.470. The molecule has 0 radical (unpaired) electrons. The highest BCUT2D eigenvalue weighted by molar-refractivity contribution is 7.54. The first-order valence-corrected chi connectivity index (χ1v) is 5.75. The molecule has 1 N–H and O–H groups in total. The van der Waals surface area contributed by atoms with E-state index in [-0.39, 0.29) is 5.08 Å². The summed E-state index contributed by atoms with van der Waals surface area (Å²) in [5.74, 6) is -6.87. The minimum absolute atomic E-state index is 0.0370. The molecule has 1 rings (SSSR count). The largest absolute Gasteiger partial charge is 0.343 e. The quantitative estimate of drug-likeness (QED) is 0.613. The van der Waals surface area contributed by atoms with Crippen molar-refractivity contribution >= 4 is 30.9 Å². The van der Waals surface area contributed by atoms with E-state index >= 15 is 0 Å². The molecule has 1 fully saturated rings. The number of halogens is 2. The molecule has 0 aromatic carbocycles. The summed E-state index contributed by atoms with van der Waals surface area (Å²) in [6, 6.07) is 0. The summed E-state index contributed by atoms with van der Waals surface area (Å²) in [5.41, 5.74) is 0. The summed E-state index contributed by atoms with van der Waals surface area (Å²) in [4.78, 5) is 0. The van der Waals surface area contributed by atoms with Crippen LogP contribution in [0.3, 0.4) is 0 Å². The molecule has 4 nitrogen and oxygen atoms in total. The monoisotopic (exact) mass is 271 g/mol. The maximum Gasteiger partial charge on any atom is 0.343 e. The van der Waals surface area contributed by atoms with Gasteiger partial charge < -0.3 is 4.52 Å². The van der Waals surface area contributed by atoms with Crippen LogP contribution >= 0.6 is 30.9 Å². The third-order valence-electron chi connectivity index (χ3n) is 1.23. The van der Waals surface area contributed by atoms with Crippen LogP contribution in [0.1, 0.15) is 20.1 Å². The highest BCUT2D eigenvalue weighted by Crippen LogP contribution is 2.47. The van der Waals surface area contributed by atoms with Crippen molar-refractivity contribution in [2.24, 2.45) is 0 Å². The molecule has 0 amide bonds. The lowest BCUT2D eigenvalue weighted by atomic mass is 10.5. The van der Waals surface area contributed by atoms with Crippen molar-refractivity contribution in [3.63, 3.8) is 0 Å². The molecule has 1 atom stereocenters. The number of hydrogen-bond acceptors (Lipinski definition) is 2. The van der Waals surface area contributed by atoms with Gasteiger partial charge in [-0.2, -0.15) is 0 Å². The lowest BCUT2D eigenvalue weighted by Gasteiger charge is -2.33. The van der Waals surface area contributed by atoms with Crippen LogP contribution in [0, 0.1) is 0 Å². The van der Waals surface area contributed by atoms with Gasteiger partial charge in [0.1, 0.15) is 1.41 Å². The van der Waals surface area contributed by atoms with Crippen molar-refractivity contribution in [3.05, 3.63) is 0 Å². The van der Waals surface area contributed by atoms with E-state index in [1.54, 1.807) is 0 Å². The molecule has 1 unspecified atom stereocenters. The molecule has 84 valence electrons. The van der Waals surface area contributed by atoms with Crippen LogP contribution in [0.4, 0.5) is 0 Å². The Morgan fingerprint density at radius 1 is 1.64 bits per heavy atom. The van der Waals surface area contributed by atoms with E-state index in [0.717, 1.165) is 0 Å². The Bertz CT molecular complexity index is 540. The molecule has 0 aromatic heterocycles. The van der Waals surface area contributed by atoms with E-state index in [2.05, 4.69) is 4.52 Å². The van der Waals surface area contributed by atoms with Gasteiger partial charge >= 0.3 is 7.67 Å². The van der Waals surface area contributed by atoms with Crippen molar-refractivity contribution in [1.82, 2.24) is 9.75 Å². The third-order valence-corrected chi connectivity index (χ3v) is 3.02. The predicted octanol–water partition coefficient (Wildman–Crippen LogP) is 1.88. The minimum atomic E-state index is -5.31. The highest BCUT2D eigenvalue weighted by atomic mass is 35.5. The molecule has 1 aliphatic heterocycles. The van der Waals surface area contributed by atoms with Gasteiger partial charge in [-0.1, -0.05) is 0 Å². The Morgan fingerprint density at radius 2 is 2.29 bits per heavy atom. The van der Waals surface area contributed by atoms with Gasteiger partial charge in [0.05, 0.1) is 9.30 Å². The molecule has 0 aliphatic carbocycles. The molecule has 0 bridgehead atoms. The van der Waals surface area contributed by atoms with Gasteiger partial charge in [0.25, 0.3) is 0 Å². The average molecular weight is 272 g/mol. The third kappa shape index (κ3) is 3.37. The molecule has 0 aromatic rings. The van der Waals surface area contributed by atoms with E-state index in [1.165, 1.54) is 0 Å². The molecule has 7 heteroatoms. The summed E-state index contributed by atoms with van der Waals surface area (Å²) < 4.78 is 100. The van der Waals surface area contributed by atoms with Gasteiger partial charge in [0.2, 0.25) is 0 Å². The first-order chi connectivity index (χ1) is 10.7. The van der Waals surface area contributed by atoms with Crippen molar-refractivity contribution in [2.75, 3.05) is 37.8 Å². The normalized spacial score (nSPS) is 48.9. The second-order valence-electron chi connectivity index (χ2n) is 2.07. The second-order valence-corrected chi connectivity index (χ2v) is 4.29. The first-order valence-electron chi connectivity index (χ1n) is 8.91. The fourth-order valence-electron chi connectivity index (χ4n) is 0.719. The standard InChI is InChI=1S/C7H15Cl2N2O2P/c8-2-5-11(6-3-9)14(12)10-4-1-7-13-14/h1-7H2,(H,10,12)/i2D2,3D2,5D2,6D2,7D2/hD. The Kier molecular flexibility index (Phi) is 1.88. The van der Waals surface area contributed by atoms with E-state index in [4.69, 9.17) is 38.3 Å². The van der Waals surface area contributed by atoms with Gasteiger partial charge in [-0.25, -0.2) is 9.75 Å². The fourth-order valence-corrected chi connectivity index (χ4v) is 2.24. The molecular weight excluding hydrogens is 246 g/mol. The minimum Gasteiger partial charge on any atom is -0.306 e. The molecule has 0 spiro atoms. The van der Waals surface area contributed by atoms with E-state index in [1.807, 2.05) is 0 Å². The lowest BCUT2D eigenvalue weighted by molar-refractivity contribution is 0.233. The smallest absolute Gasteiger partial charge is 0.306 e. The molecular formula is C7H15Cl2N2O2P. The summed E-state index contributed by atoms with van der Waals surface area (Å²) in [5, 5.41) is 0.0370. The average Bonchev–Trinajstić information content (AvgIpc) is 2.30. The number of alkyl halides is 2. The van der Waals surface area contributed by atoms with Crippen molar-refractivity contribution in [3.8, 4) is 0 Å². The number of hydrogen-bond donors (Lipinski definition) is 1. The van der Waals surface area contributed by atoms with Crippen LogP contribution in [0.15, 0.2) is 0 Å². The Labute approximate surface area is 110 Å². The molecule has 1 aliphatic rings. The number of nitrogens with zero attached hydrogens (tertiary/aromatic N) is 1. The lowest BCUT2D eigenvalue weighted by Crippen LogP contribution is -2.35. The maximum atomic E-state index is 13.1. The van der Waals surface area contributed by atoms with Crippen LogP contribution in [0.2, 0.25) is 1.41 Å². The van der Waals surface area contributed by atoms with Crippen LogP contribution in [-0.4, -0.2) is 42.4 Å². The zero-order valence-electron chi connectivity index (χ0n) is 17.8. The molecule has 0 saturated carbocycles. The Morgan fingerprint density at radius 3 is 2.86 bits per heavy atom. The van der Waals surface area contributed by atoms with Crippen LogP contribution in [0.25, 0.3) is 0 Å². The van der Waals surface area contributed by atoms with Crippen LogP contribution in [-0.2, 0) is 9.09 Å². The van der Waals surface area contributed by atoms with Crippen LogP contribution < -0.4 is 5.08 Å². The summed E-state index contributed by atoms with van der Waals surface area (Å²) >= 11 is 10.6. The van der Waals surface area contributed by atoms with Crippen molar-refractivity contribution < 1.29 is 24.2 Å². The topological polar surface area (TPSA) is 41.6 Å². The molecule has 1 saturated heterocycles. The fraction of sp³-hybridized carbons (Fsp3) is 1.00. The Hall–Kier alpha value is 0.690. The zero-order chi connectivity index (χ0) is 20.3. The van der Waals surface area contributed by atoms with Gasteiger partial charge in [-0.15, -0.1) is 23.2 Å². The first kappa shape index (κ1) is 4.17.